The molecule has 1 aromatic heterocycles. The normalized spacial score (nSPS) is 20.0. The van der Waals surface area contributed by atoms with E-state index in [9.17, 15) is 0 Å². The van der Waals surface area contributed by atoms with Gasteiger partial charge in [-0.1, -0.05) is 24.3 Å². The number of halogens is 1. The summed E-state index contributed by atoms with van der Waals surface area (Å²) in [5.41, 5.74) is 3.74. The molecule has 0 bridgehead atoms. The summed E-state index contributed by atoms with van der Waals surface area (Å²) in [4.78, 5) is 12.6. The molecule has 30 heavy (non-hydrogen) atoms. The topological polar surface area (TPSA) is 61.8 Å². The highest BCUT2D eigenvalue weighted by Crippen LogP contribution is 2.18. The predicted octanol–water partition coefficient (Wildman–Crippen LogP) is 3.85. The third-order valence-electron chi connectivity index (χ3n) is 5.09. The first kappa shape index (κ1) is 25.0. The average molecular weight is 544 g/mol. The summed E-state index contributed by atoms with van der Waals surface area (Å²) in [6.45, 7) is 12.8. The summed E-state index contributed by atoms with van der Waals surface area (Å²) in [6, 6.07) is 8.64. The number of aromatic nitrogens is 1. The molecule has 2 atom stereocenters. The van der Waals surface area contributed by atoms with E-state index in [0.717, 1.165) is 49.4 Å². The van der Waals surface area contributed by atoms with E-state index < -0.39 is 0 Å². The van der Waals surface area contributed by atoms with Crippen molar-refractivity contribution in [3.63, 3.8) is 0 Å². The van der Waals surface area contributed by atoms with Gasteiger partial charge >= 0.3 is 0 Å². The van der Waals surface area contributed by atoms with E-state index in [1.165, 1.54) is 16.0 Å². The Hall–Kier alpha value is -1.23. The molecular formula is C22H34IN5OS. The monoisotopic (exact) mass is 543 g/mol. The highest BCUT2D eigenvalue weighted by molar-refractivity contribution is 14.0. The van der Waals surface area contributed by atoms with E-state index in [4.69, 9.17) is 4.74 Å². The molecule has 3 rings (SSSR count). The molecule has 1 aromatic carbocycles. The number of thiazole rings is 1. The minimum absolute atomic E-state index is 0. The van der Waals surface area contributed by atoms with Crippen molar-refractivity contribution >= 4 is 41.3 Å². The predicted molar refractivity (Wildman–Crippen MR) is 136 cm³/mol. The molecule has 1 aliphatic heterocycles. The molecule has 6 nitrogen and oxygen atoms in total. The van der Waals surface area contributed by atoms with Gasteiger partial charge in [0.2, 0.25) is 0 Å². The molecule has 166 valence electrons. The van der Waals surface area contributed by atoms with Gasteiger partial charge in [0, 0.05) is 38.1 Å². The highest BCUT2D eigenvalue weighted by Gasteiger charge is 2.22. The fourth-order valence-corrected chi connectivity index (χ4v) is 4.72. The number of guanidine groups is 1. The van der Waals surface area contributed by atoms with Crippen LogP contribution in [-0.4, -0.2) is 48.2 Å². The van der Waals surface area contributed by atoms with Gasteiger partial charge in [0.05, 0.1) is 29.5 Å². The summed E-state index contributed by atoms with van der Waals surface area (Å²) in [5.74, 6) is 0.805. The van der Waals surface area contributed by atoms with Crippen LogP contribution in [0.4, 0.5) is 0 Å². The quantitative estimate of drug-likeness (QED) is 0.330. The van der Waals surface area contributed by atoms with Gasteiger partial charge in [0.25, 0.3) is 0 Å². The Morgan fingerprint density at radius 3 is 2.37 bits per heavy atom. The van der Waals surface area contributed by atoms with Gasteiger partial charge in [-0.3, -0.25) is 9.89 Å². The molecular weight excluding hydrogens is 509 g/mol. The minimum atomic E-state index is 0. The van der Waals surface area contributed by atoms with Crippen LogP contribution in [-0.2, 0) is 24.4 Å². The lowest BCUT2D eigenvalue weighted by molar-refractivity contribution is -0.0705. The van der Waals surface area contributed by atoms with E-state index in [2.05, 4.69) is 70.5 Å². The zero-order chi connectivity index (χ0) is 20.8. The van der Waals surface area contributed by atoms with Gasteiger partial charge in [-0.05, 0) is 38.8 Å². The molecule has 2 aromatic rings. The van der Waals surface area contributed by atoms with Crippen LogP contribution >= 0.6 is 35.3 Å². The van der Waals surface area contributed by atoms with Gasteiger partial charge < -0.3 is 15.4 Å². The Morgan fingerprint density at radius 2 is 1.77 bits per heavy atom. The van der Waals surface area contributed by atoms with Crippen molar-refractivity contribution in [2.24, 2.45) is 4.99 Å². The van der Waals surface area contributed by atoms with Crippen LogP contribution in [0.3, 0.4) is 0 Å². The Labute approximate surface area is 201 Å². The standard InChI is InChI=1S/C22H33N5OS.HI/c1-15-12-27(13-16(2)28-15)14-20-9-7-6-8-19(20)10-24-22(23-5)25-11-21-17(3)26-18(4)29-21;/h6-9,15-16H,10-14H2,1-5H3,(H2,23,24,25);1H. The maximum Gasteiger partial charge on any atom is 0.191 e. The van der Waals surface area contributed by atoms with Gasteiger partial charge in [-0.15, -0.1) is 35.3 Å². The lowest BCUT2D eigenvalue weighted by Gasteiger charge is -2.35. The van der Waals surface area contributed by atoms with Crippen LogP contribution < -0.4 is 10.6 Å². The van der Waals surface area contributed by atoms with Crippen LogP contribution in [0.5, 0.6) is 0 Å². The number of hydrogen-bond acceptors (Lipinski definition) is 5. The molecule has 1 fully saturated rings. The zero-order valence-corrected chi connectivity index (χ0v) is 21.7. The second-order valence-corrected chi connectivity index (χ2v) is 9.03. The second kappa shape index (κ2) is 12.0. The summed E-state index contributed by atoms with van der Waals surface area (Å²) in [7, 11) is 1.81. The number of rotatable bonds is 6. The van der Waals surface area contributed by atoms with Gasteiger partial charge in [0.15, 0.2) is 5.96 Å². The molecule has 0 radical (unpaired) electrons. The number of ether oxygens (including phenoxy) is 1. The highest BCUT2D eigenvalue weighted by atomic mass is 127. The number of aliphatic imine (C=N–C) groups is 1. The van der Waals surface area contributed by atoms with Crippen LogP contribution in [0.25, 0.3) is 0 Å². The number of nitrogens with zero attached hydrogens (tertiary/aromatic N) is 3. The molecule has 1 saturated heterocycles. The smallest absolute Gasteiger partial charge is 0.191 e. The van der Waals surface area contributed by atoms with Crippen molar-refractivity contribution in [1.82, 2.24) is 20.5 Å². The van der Waals surface area contributed by atoms with Gasteiger partial charge in [-0.25, -0.2) is 4.98 Å². The summed E-state index contributed by atoms with van der Waals surface area (Å²) < 4.78 is 5.87. The maximum atomic E-state index is 5.87. The molecule has 0 aliphatic carbocycles. The molecule has 0 spiro atoms. The summed E-state index contributed by atoms with van der Waals surface area (Å²) in [5, 5.41) is 7.96. The Balaban J connectivity index is 0.00000320. The first-order chi connectivity index (χ1) is 13.9. The zero-order valence-electron chi connectivity index (χ0n) is 18.6. The van der Waals surface area contributed by atoms with Gasteiger partial charge in [-0.2, -0.15) is 0 Å². The lowest BCUT2D eigenvalue weighted by atomic mass is 10.1. The summed E-state index contributed by atoms with van der Waals surface area (Å²) >= 11 is 1.73. The lowest BCUT2D eigenvalue weighted by Crippen LogP contribution is -2.45. The van der Waals surface area contributed by atoms with Crippen molar-refractivity contribution in [2.75, 3.05) is 20.1 Å². The van der Waals surface area contributed by atoms with Crippen LogP contribution in [0.1, 0.15) is 40.6 Å². The fraction of sp³-hybridized carbons (Fsp3) is 0.545. The number of hydrogen-bond donors (Lipinski definition) is 2. The number of nitrogens with one attached hydrogen (secondary N) is 2. The summed E-state index contributed by atoms with van der Waals surface area (Å²) in [6.07, 6.45) is 0.566. The Bertz CT molecular complexity index is 831. The van der Waals surface area contributed by atoms with E-state index in [1.807, 2.05) is 14.0 Å². The van der Waals surface area contributed by atoms with Crippen LogP contribution in [0, 0.1) is 13.8 Å². The molecule has 8 heteroatoms. The molecule has 2 heterocycles. The van der Waals surface area contributed by atoms with E-state index >= 15 is 0 Å². The minimum Gasteiger partial charge on any atom is -0.373 e. The van der Waals surface area contributed by atoms with Crippen LogP contribution in [0.2, 0.25) is 0 Å². The van der Waals surface area contributed by atoms with Crippen molar-refractivity contribution in [1.29, 1.82) is 0 Å². The van der Waals surface area contributed by atoms with Gasteiger partial charge in [0.1, 0.15) is 0 Å². The third-order valence-corrected chi connectivity index (χ3v) is 6.17. The Morgan fingerprint density at radius 1 is 1.13 bits per heavy atom. The van der Waals surface area contributed by atoms with Crippen LogP contribution in [0.15, 0.2) is 29.3 Å². The third kappa shape index (κ3) is 7.18. The van der Waals surface area contributed by atoms with Crippen molar-refractivity contribution < 1.29 is 4.74 Å². The average Bonchev–Trinajstić information content (AvgIpc) is 2.99. The number of benzene rings is 1. The van der Waals surface area contributed by atoms with Crippen molar-refractivity contribution in [2.45, 2.75) is 59.5 Å². The van der Waals surface area contributed by atoms with E-state index in [0.29, 0.717) is 0 Å². The first-order valence-electron chi connectivity index (χ1n) is 10.3. The molecule has 0 amide bonds. The molecule has 2 unspecified atom stereocenters. The SMILES string of the molecule is CN=C(NCc1ccccc1CN1CC(C)OC(C)C1)NCc1sc(C)nc1C.I. The second-order valence-electron chi connectivity index (χ2n) is 7.74. The Kier molecular flexibility index (Phi) is 9.99. The number of aryl methyl sites for hydroxylation is 2. The van der Waals surface area contributed by atoms with Crippen molar-refractivity contribution in [3.05, 3.63) is 51.0 Å². The van der Waals surface area contributed by atoms with E-state index in [1.54, 1.807) is 11.3 Å². The molecule has 1 aliphatic rings. The van der Waals surface area contributed by atoms with E-state index in [-0.39, 0.29) is 36.2 Å². The number of morpholine rings is 1. The first-order valence-corrected chi connectivity index (χ1v) is 11.1. The fourth-order valence-electron chi connectivity index (χ4n) is 3.84. The van der Waals surface area contributed by atoms with Crippen molar-refractivity contribution in [3.8, 4) is 0 Å². The molecule has 0 saturated carbocycles. The molecule has 2 N–H and O–H groups in total. The maximum absolute atomic E-state index is 5.87. The largest absolute Gasteiger partial charge is 0.373 e.